The molecule has 0 unspecified atom stereocenters. The van der Waals surface area contributed by atoms with Crippen LogP contribution in [0.15, 0.2) is 36.7 Å². The molecule has 1 aromatic heterocycles. The van der Waals surface area contributed by atoms with Gasteiger partial charge in [0.25, 0.3) is 5.88 Å². The Kier molecular flexibility index (Phi) is 3.87. The van der Waals surface area contributed by atoms with E-state index in [1.54, 1.807) is 19.1 Å². The Balaban J connectivity index is 2.39. The molecule has 19 heavy (non-hydrogen) atoms. The summed E-state index contributed by atoms with van der Waals surface area (Å²) in [6.07, 6.45) is 1.23. The van der Waals surface area contributed by atoms with E-state index >= 15 is 0 Å². The van der Waals surface area contributed by atoms with Gasteiger partial charge in [0.05, 0.1) is 11.5 Å². The Morgan fingerprint density at radius 1 is 1.32 bits per heavy atom. The monoisotopic (exact) mass is 260 g/mol. The van der Waals surface area contributed by atoms with Gasteiger partial charge in [0, 0.05) is 5.69 Å². The highest BCUT2D eigenvalue weighted by Gasteiger charge is 2.24. The number of ether oxygens (including phenoxy) is 1. The molecule has 0 aliphatic rings. The average molecular weight is 260 g/mol. The van der Waals surface area contributed by atoms with Gasteiger partial charge in [0.1, 0.15) is 6.33 Å². The summed E-state index contributed by atoms with van der Waals surface area (Å²) < 4.78 is 5.14. The molecule has 0 aliphatic carbocycles. The Bertz CT molecular complexity index is 574. The summed E-state index contributed by atoms with van der Waals surface area (Å²) in [7, 11) is 0. The maximum absolute atomic E-state index is 11.1. The summed E-state index contributed by atoms with van der Waals surface area (Å²) in [5.74, 6) is 0.0654. The van der Waals surface area contributed by atoms with E-state index in [1.807, 2.05) is 18.2 Å². The second kappa shape index (κ2) is 5.76. The zero-order valence-corrected chi connectivity index (χ0v) is 10.2. The van der Waals surface area contributed by atoms with E-state index in [2.05, 4.69) is 15.3 Å². The van der Waals surface area contributed by atoms with Crippen LogP contribution in [0.1, 0.15) is 6.92 Å². The van der Waals surface area contributed by atoms with Gasteiger partial charge in [-0.1, -0.05) is 18.2 Å². The van der Waals surface area contributed by atoms with Crippen molar-refractivity contribution in [2.24, 2.45) is 0 Å². The molecule has 7 heteroatoms. The van der Waals surface area contributed by atoms with Crippen molar-refractivity contribution >= 4 is 17.2 Å². The molecule has 1 N–H and O–H groups in total. The number of rotatable bonds is 5. The normalized spacial score (nSPS) is 9.95. The van der Waals surface area contributed by atoms with Crippen molar-refractivity contribution in [1.82, 2.24) is 9.97 Å². The van der Waals surface area contributed by atoms with Crippen LogP contribution in [0, 0.1) is 10.1 Å². The van der Waals surface area contributed by atoms with Crippen LogP contribution in [0.2, 0.25) is 0 Å². The zero-order chi connectivity index (χ0) is 13.7. The van der Waals surface area contributed by atoms with Gasteiger partial charge in [-0.05, 0) is 19.1 Å². The Morgan fingerprint density at radius 3 is 2.68 bits per heavy atom. The fourth-order valence-electron chi connectivity index (χ4n) is 1.52. The molecule has 1 heterocycles. The molecule has 0 saturated carbocycles. The molecule has 0 bridgehead atoms. The minimum atomic E-state index is -0.559. The van der Waals surface area contributed by atoms with E-state index in [-0.39, 0.29) is 17.4 Å². The SMILES string of the molecule is CCOc1ncnc(Nc2ccccc2)c1[N+](=O)[O-]. The van der Waals surface area contributed by atoms with Gasteiger partial charge >= 0.3 is 5.69 Å². The van der Waals surface area contributed by atoms with Gasteiger partial charge in [-0.25, -0.2) is 4.98 Å². The first kappa shape index (κ1) is 12.7. The Hall–Kier alpha value is -2.70. The molecule has 2 aromatic rings. The Morgan fingerprint density at radius 2 is 2.05 bits per heavy atom. The minimum Gasteiger partial charge on any atom is -0.473 e. The van der Waals surface area contributed by atoms with Crippen molar-refractivity contribution in [1.29, 1.82) is 0 Å². The van der Waals surface area contributed by atoms with Crippen LogP contribution in [0.25, 0.3) is 0 Å². The molecule has 98 valence electrons. The first-order valence-corrected chi connectivity index (χ1v) is 5.66. The van der Waals surface area contributed by atoms with Gasteiger partial charge in [-0.15, -0.1) is 0 Å². The van der Waals surface area contributed by atoms with Gasteiger partial charge in [-0.2, -0.15) is 4.98 Å². The lowest BCUT2D eigenvalue weighted by molar-refractivity contribution is -0.385. The van der Waals surface area contributed by atoms with Crippen LogP contribution in [0.4, 0.5) is 17.2 Å². The smallest absolute Gasteiger partial charge is 0.373 e. The molecule has 1 aromatic carbocycles. The molecule has 0 aliphatic heterocycles. The number of hydrogen-bond donors (Lipinski definition) is 1. The second-order valence-electron chi connectivity index (χ2n) is 3.56. The number of hydrogen-bond acceptors (Lipinski definition) is 6. The predicted molar refractivity (Wildman–Crippen MR) is 69.6 cm³/mol. The third-order valence-electron chi connectivity index (χ3n) is 2.29. The number of aromatic nitrogens is 2. The highest BCUT2D eigenvalue weighted by molar-refractivity contribution is 5.68. The summed E-state index contributed by atoms with van der Waals surface area (Å²) in [5, 5.41) is 14.0. The zero-order valence-electron chi connectivity index (χ0n) is 10.2. The Labute approximate surface area is 109 Å². The molecule has 0 fully saturated rings. The summed E-state index contributed by atoms with van der Waals surface area (Å²) in [6, 6.07) is 9.06. The van der Waals surface area contributed by atoms with Crippen LogP contribution in [-0.2, 0) is 0 Å². The lowest BCUT2D eigenvalue weighted by atomic mass is 10.3. The summed E-state index contributed by atoms with van der Waals surface area (Å²) in [6.45, 7) is 2.03. The van der Waals surface area contributed by atoms with Gasteiger partial charge < -0.3 is 10.1 Å². The first-order chi connectivity index (χ1) is 9.22. The highest BCUT2D eigenvalue weighted by atomic mass is 16.6. The number of nitrogens with zero attached hydrogens (tertiary/aromatic N) is 3. The number of nitro groups is 1. The number of nitrogens with one attached hydrogen (secondary N) is 1. The quantitative estimate of drug-likeness (QED) is 0.656. The van der Waals surface area contributed by atoms with Crippen molar-refractivity contribution in [2.75, 3.05) is 11.9 Å². The van der Waals surface area contributed by atoms with Gasteiger partial charge in [0.2, 0.25) is 5.82 Å². The van der Waals surface area contributed by atoms with Crippen LogP contribution >= 0.6 is 0 Å². The molecule has 0 radical (unpaired) electrons. The molecular weight excluding hydrogens is 248 g/mol. The maximum atomic E-state index is 11.1. The molecule has 0 spiro atoms. The first-order valence-electron chi connectivity index (χ1n) is 5.66. The van der Waals surface area contributed by atoms with Crippen molar-refractivity contribution < 1.29 is 9.66 Å². The van der Waals surface area contributed by atoms with Crippen LogP contribution < -0.4 is 10.1 Å². The average Bonchev–Trinajstić information content (AvgIpc) is 2.40. The third-order valence-corrected chi connectivity index (χ3v) is 2.29. The maximum Gasteiger partial charge on any atom is 0.373 e. The van der Waals surface area contributed by atoms with E-state index in [9.17, 15) is 10.1 Å². The van der Waals surface area contributed by atoms with Crippen molar-refractivity contribution in [3.8, 4) is 5.88 Å². The lowest BCUT2D eigenvalue weighted by Crippen LogP contribution is -2.05. The van der Waals surface area contributed by atoms with E-state index in [0.717, 1.165) is 0 Å². The summed E-state index contributed by atoms with van der Waals surface area (Å²) in [5.41, 5.74) is 0.431. The summed E-state index contributed by atoms with van der Waals surface area (Å²) >= 11 is 0. The van der Waals surface area contributed by atoms with Crippen molar-refractivity contribution in [2.45, 2.75) is 6.92 Å². The van der Waals surface area contributed by atoms with Crippen LogP contribution in [0.5, 0.6) is 5.88 Å². The molecule has 7 nitrogen and oxygen atoms in total. The lowest BCUT2D eigenvalue weighted by Gasteiger charge is -2.08. The van der Waals surface area contributed by atoms with Gasteiger partial charge in [0.15, 0.2) is 0 Å². The van der Waals surface area contributed by atoms with Crippen molar-refractivity contribution in [3.63, 3.8) is 0 Å². The summed E-state index contributed by atoms with van der Waals surface area (Å²) in [4.78, 5) is 18.2. The molecule has 0 amide bonds. The standard InChI is InChI=1S/C12H12N4O3/c1-2-19-12-10(16(17)18)11(13-8-14-12)15-9-6-4-3-5-7-9/h3-8H,2H2,1H3,(H,13,14,15). The molecule has 0 atom stereocenters. The van der Waals surface area contributed by atoms with Gasteiger partial charge in [-0.3, -0.25) is 10.1 Å². The molecule has 2 rings (SSSR count). The number of benzene rings is 1. The third kappa shape index (κ3) is 2.95. The largest absolute Gasteiger partial charge is 0.473 e. The number of para-hydroxylation sites is 1. The van der Waals surface area contributed by atoms with E-state index in [1.165, 1.54) is 6.33 Å². The fourth-order valence-corrected chi connectivity index (χ4v) is 1.52. The van der Waals surface area contributed by atoms with E-state index in [0.29, 0.717) is 12.3 Å². The topological polar surface area (TPSA) is 90.2 Å². The second-order valence-corrected chi connectivity index (χ2v) is 3.56. The van der Waals surface area contributed by atoms with Crippen LogP contribution in [0.3, 0.4) is 0 Å². The number of anilines is 2. The fraction of sp³-hybridized carbons (Fsp3) is 0.167. The van der Waals surface area contributed by atoms with E-state index < -0.39 is 4.92 Å². The molecular formula is C12H12N4O3. The molecule has 0 saturated heterocycles. The minimum absolute atomic E-state index is 0.0408. The predicted octanol–water partition coefficient (Wildman–Crippen LogP) is 2.53. The van der Waals surface area contributed by atoms with Crippen molar-refractivity contribution in [3.05, 3.63) is 46.8 Å². The highest BCUT2D eigenvalue weighted by Crippen LogP contribution is 2.32. The van der Waals surface area contributed by atoms with Crippen LogP contribution in [-0.4, -0.2) is 21.5 Å². The van der Waals surface area contributed by atoms with E-state index in [4.69, 9.17) is 4.74 Å².